The van der Waals surface area contributed by atoms with Gasteiger partial charge in [0.25, 0.3) is 0 Å². The van der Waals surface area contributed by atoms with E-state index in [1.807, 2.05) is 4.90 Å². The molecule has 0 spiro atoms. The predicted molar refractivity (Wildman–Crippen MR) is 88.0 cm³/mol. The minimum Gasteiger partial charge on any atom is -0.381 e. The Kier molecular flexibility index (Phi) is 4.24. The van der Waals surface area contributed by atoms with E-state index in [1.165, 1.54) is 5.56 Å². The van der Waals surface area contributed by atoms with Crippen LogP contribution in [0.25, 0.3) is 0 Å². The minimum atomic E-state index is -0.0135. The minimum absolute atomic E-state index is 0.0135. The first-order chi connectivity index (χ1) is 10.5. The summed E-state index contributed by atoms with van der Waals surface area (Å²) >= 11 is 0. The molecule has 3 rings (SSSR count). The van der Waals surface area contributed by atoms with Gasteiger partial charge in [-0.1, -0.05) is 19.1 Å². The summed E-state index contributed by atoms with van der Waals surface area (Å²) in [5.74, 6) is 0.888. The Morgan fingerprint density at radius 1 is 1.27 bits per heavy atom. The number of anilines is 1. The van der Waals surface area contributed by atoms with Crippen LogP contribution in [0.5, 0.6) is 0 Å². The number of hydrogen-bond acceptors (Lipinski definition) is 3. The first-order valence-corrected chi connectivity index (χ1v) is 8.27. The molecule has 1 amide bonds. The molecule has 2 aliphatic heterocycles. The number of carbonyl (C=O) groups excluding carboxylic acids is 1. The van der Waals surface area contributed by atoms with Crippen molar-refractivity contribution in [2.24, 2.45) is 11.7 Å². The van der Waals surface area contributed by atoms with Gasteiger partial charge in [-0.05, 0) is 48.8 Å². The van der Waals surface area contributed by atoms with Crippen molar-refractivity contribution in [2.75, 3.05) is 18.1 Å². The highest BCUT2D eigenvalue weighted by Crippen LogP contribution is 2.41. The number of amides is 1. The molecule has 22 heavy (non-hydrogen) atoms. The summed E-state index contributed by atoms with van der Waals surface area (Å²) in [7, 11) is 0. The molecule has 4 heteroatoms. The fourth-order valence-corrected chi connectivity index (χ4v) is 3.84. The monoisotopic (exact) mass is 302 g/mol. The van der Waals surface area contributed by atoms with Crippen molar-refractivity contribution in [3.8, 4) is 0 Å². The largest absolute Gasteiger partial charge is 0.381 e. The number of nitrogens with zero attached hydrogens (tertiary/aromatic N) is 1. The SMILES string of the molecule is CC(=O)N1c2ccc(C3CCOCC3)cc2C(N)C(C)C1C. The lowest BCUT2D eigenvalue weighted by Gasteiger charge is -2.42. The van der Waals surface area contributed by atoms with Crippen LogP contribution in [0.1, 0.15) is 56.7 Å². The van der Waals surface area contributed by atoms with Gasteiger partial charge >= 0.3 is 0 Å². The first-order valence-electron chi connectivity index (χ1n) is 8.27. The second kappa shape index (κ2) is 6.01. The number of nitrogens with two attached hydrogens (primary N) is 1. The zero-order chi connectivity index (χ0) is 15.9. The van der Waals surface area contributed by atoms with Gasteiger partial charge in [-0.15, -0.1) is 0 Å². The molecule has 0 radical (unpaired) electrons. The van der Waals surface area contributed by atoms with Gasteiger partial charge < -0.3 is 15.4 Å². The molecule has 1 saturated heterocycles. The molecule has 2 heterocycles. The fraction of sp³-hybridized carbons (Fsp3) is 0.611. The second-order valence-electron chi connectivity index (χ2n) is 6.72. The van der Waals surface area contributed by atoms with Crippen LogP contribution < -0.4 is 10.6 Å². The Hall–Kier alpha value is -1.39. The Morgan fingerprint density at radius 2 is 1.95 bits per heavy atom. The van der Waals surface area contributed by atoms with Crippen LogP contribution in [-0.2, 0) is 9.53 Å². The maximum absolute atomic E-state index is 12.1. The summed E-state index contributed by atoms with van der Waals surface area (Å²) in [6.45, 7) is 7.52. The maximum Gasteiger partial charge on any atom is 0.224 e. The molecule has 2 aliphatic rings. The van der Waals surface area contributed by atoms with E-state index in [4.69, 9.17) is 10.5 Å². The van der Waals surface area contributed by atoms with Gasteiger partial charge in [0.2, 0.25) is 5.91 Å². The van der Waals surface area contributed by atoms with Crippen molar-refractivity contribution in [3.63, 3.8) is 0 Å². The number of rotatable bonds is 1. The molecular weight excluding hydrogens is 276 g/mol. The van der Waals surface area contributed by atoms with Crippen LogP contribution >= 0.6 is 0 Å². The third-order valence-corrected chi connectivity index (χ3v) is 5.44. The van der Waals surface area contributed by atoms with Crippen LogP contribution in [0, 0.1) is 5.92 Å². The summed E-state index contributed by atoms with van der Waals surface area (Å²) in [6.07, 6.45) is 2.13. The molecule has 4 nitrogen and oxygen atoms in total. The Balaban J connectivity index is 2.01. The Bertz CT molecular complexity index is 566. The lowest BCUT2D eigenvalue weighted by atomic mass is 9.81. The van der Waals surface area contributed by atoms with Gasteiger partial charge in [0.1, 0.15) is 0 Å². The number of hydrogen-bond donors (Lipinski definition) is 1. The molecule has 1 aromatic carbocycles. The highest BCUT2D eigenvalue weighted by Gasteiger charge is 2.36. The lowest BCUT2D eigenvalue weighted by Crippen LogP contribution is -2.48. The number of fused-ring (bicyclic) bond motifs is 1. The van der Waals surface area contributed by atoms with Gasteiger partial charge in [-0.2, -0.15) is 0 Å². The molecule has 3 unspecified atom stereocenters. The van der Waals surface area contributed by atoms with Crippen LogP contribution in [-0.4, -0.2) is 25.2 Å². The summed E-state index contributed by atoms with van der Waals surface area (Å²) in [6, 6.07) is 6.60. The summed E-state index contributed by atoms with van der Waals surface area (Å²) in [5, 5.41) is 0. The first kappa shape index (κ1) is 15.5. The van der Waals surface area contributed by atoms with Gasteiger partial charge in [0.15, 0.2) is 0 Å². The molecule has 0 aliphatic carbocycles. The van der Waals surface area contributed by atoms with Crippen molar-refractivity contribution in [1.82, 2.24) is 0 Å². The summed E-state index contributed by atoms with van der Waals surface area (Å²) in [4.78, 5) is 14.0. The predicted octanol–water partition coefficient (Wildman–Crippen LogP) is 2.97. The molecule has 2 N–H and O–H groups in total. The van der Waals surface area contributed by atoms with Gasteiger partial charge in [0.05, 0.1) is 0 Å². The van der Waals surface area contributed by atoms with E-state index in [2.05, 4.69) is 32.0 Å². The molecule has 0 saturated carbocycles. The highest BCUT2D eigenvalue weighted by atomic mass is 16.5. The molecule has 1 fully saturated rings. The van der Waals surface area contributed by atoms with Crippen molar-refractivity contribution in [3.05, 3.63) is 29.3 Å². The van der Waals surface area contributed by atoms with E-state index in [-0.39, 0.29) is 23.9 Å². The van der Waals surface area contributed by atoms with Crippen LogP contribution in [0.3, 0.4) is 0 Å². The highest BCUT2D eigenvalue weighted by molar-refractivity contribution is 5.93. The molecule has 120 valence electrons. The third-order valence-electron chi connectivity index (χ3n) is 5.44. The van der Waals surface area contributed by atoms with Crippen LogP contribution in [0.2, 0.25) is 0 Å². The quantitative estimate of drug-likeness (QED) is 0.867. The third kappa shape index (κ3) is 2.55. The zero-order valence-electron chi connectivity index (χ0n) is 13.7. The van der Waals surface area contributed by atoms with E-state index in [0.29, 0.717) is 5.92 Å². The number of benzene rings is 1. The smallest absolute Gasteiger partial charge is 0.224 e. The van der Waals surface area contributed by atoms with Crippen molar-refractivity contribution < 1.29 is 9.53 Å². The number of carbonyl (C=O) groups is 1. The Morgan fingerprint density at radius 3 is 2.59 bits per heavy atom. The lowest BCUT2D eigenvalue weighted by molar-refractivity contribution is -0.117. The molecule has 3 atom stereocenters. The Labute approximate surface area is 132 Å². The van der Waals surface area contributed by atoms with Gasteiger partial charge in [-0.3, -0.25) is 4.79 Å². The van der Waals surface area contributed by atoms with E-state index in [9.17, 15) is 4.79 Å². The van der Waals surface area contributed by atoms with Crippen molar-refractivity contribution >= 4 is 11.6 Å². The van der Waals surface area contributed by atoms with Gasteiger partial charge in [-0.25, -0.2) is 0 Å². The van der Waals surface area contributed by atoms with E-state index < -0.39 is 0 Å². The van der Waals surface area contributed by atoms with Crippen LogP contribution in [0.15, 0.2) is 18.2 Å². The fourth-order valence-electron chi connectivity index (χ4n) is 3.84. The second-order valence-corrected chi connectivity index (χ2v) is 6.72. The zero-order valence-corrected chi connectivity index (χ0v) is 13.7. The van der Waals surface area contributed by atoms with E-state index in [0.717, 1.165) is 37.3 Å². The average molecular weight is 302 g/mol. The average Bonchev–Trinajstić information content (AvgIpc) is 2.53. The topological polar surface area (TPSA) is 55.6 Å². The van der Waals surface area contributed by atoms with E-state index in [1.54, 1.807) is 6.92 Å². The van der Waals surface area contributed by atoms with E-state index >= 15 is 0 Å². The summed E-state index contributed by atoms with van der Waals surface area (Å²) in [5.41, 5.74) is 9.92. The molecule has 0 aromatic heterocycles. The molecule has 1 aromatic rings. The van der Waals surface area contributed by atoms with Gasteiger partial charge in [0, 0.05) is 37.9 Å². The van der Waals surface area contributed by atoms with Crippen molar-refractivity contribution in [1.29, 1.82) is 0 Å². The maximum atomic E-state index is 12.1. The normalized spacial score (nSPS) is 29.3. The molecular formula is C18H26N2O2. The standard InChI is InChI=1S/C18H26N2O2/c1-11-12(2)20(13(3)21)17-5-4-15(10-16(17)18(11)19)14-6-8-22-9-7-14/h4-5,10-12,14,18H,6-9,19H2,1-3H3. The number of ether oxygens (including phenoxy) is 1. The van der Waals surface area contributed by atoms with Crippen LogP contribution in [0.4, 0.5) is 5.69 Å². The van der Waals surface area contributed by atoms with Crippen molar-refractivity contribution in [2.45, 2.75) is 51.6 Å². The summed E-state index contributed by atoms with van der Waals surface area (Å²) < 4.78 is 5.46. The molecule has 0 bridgehead atoms.